The Bertz CT molecular complexity index is 794. The summed E-state index contributed by atoms with van der Waals surface area (Å²) in [5.41, 5.74) is 0.377. The summed E-state index contributed by atoms with van der Waals surface area (Å²) in [4.78, 5) is 48.7. The third-order valence-corrected chi connectivity index (χ3v) is 3.41. The average Bonchev–Trinajstić information content (AvgIpc) is 2.85. The van der Waals surface area contributed by atoms with Crippen LogP contribution in [0.25, 0.3) is 0 Å². The van der Waals surface area contributed by atoms with Gasteiger partial charge in [0.25, 0.3) is 17.7 Å². The van der Waals surface area contributed by atoms with Crippen LogP contribution >= 0.6 is 0 Å². The lowest BCUT2D eigenvalue weighted by Crippen LogP contribution is -2.29. The van der Waals surface area contributed by atoms with E-state index in [9.17, 15) is 19.2 Å². The van der Waals surface area contributed by atoms with Gasteiger partial charge in [0.15, 0.2) is 6.61 Å². The predicted octanol–water partition coefficient (Wildman–Crippen LogP) is 0.655. The van der Waals surface area contributed by atoms with Crippen LogP contribution in [0.5, 0.6) is 0 Å². The second-order valence-corrected chi connectivity index (χ2v) is 5.10. The molecule has 2 rings (SSSR count). The van der Waals surface area contributed by atoms with Gasteiger partial charge < -0.3 is 10.1 Å². The van der Waals surface area contributed by atoms with Crippen LogP contribution in [0.3, 0.4) is 0 Å². The molecule has 1 aliphatic heterocycles. The van der Waals surface area contributed by atoms with Crippen molar-refractivity contribution in [2.24, 2.45) is 0 Å². The minimum Gasteiger partial charge on any atom is -0.452 e. The van der Waals surface area contributed by atoms with Gasteiger partial charge in [0.05, 0.1) is 29.2 Å². The molecular formula is C17H15N3O5. The average molecular weight is 341 g/mol. The SMILES string of the molecule is C=CCN1C(=O)c2ccc(C(=O)OCC(=O)NCCC#N)cc2C1=O. The molecule has 3 amide bonds. The number of nitriles is 1. The Labute approximate surface area is 143 Å². The van der Waals surface area contributed by atoms with Crippen molar-refractivity contribution in [3.8, 4) is 6.07 Å². The zero-order chi connectivity index (χ0) is 18.4. The van der Waals surface area contributed by atoms with Crippen molar-refractivity contribution in [3.63, 3.8) is 0 Å². The van der Waals surface area contributed by atoms with Crippen LogP contribution < -0.4 is 5.32 Å². The standard InChI is InChI=1S/C17H15N3O5/c1-2-8-20-15(22)12-5-4-11(9-13(12)16(20)23)17(24)25-10-14(21)19-7-3-6-18/h2,4-5,9H,1,3,7-8,10H2,(H,19,21). The molecule has 1 aromatic rings. The molecular weight excluding hydrogens is 326 g/mol. The largest absolute Gasteiger partial charge is 0.452 e. The van der Waals surface area contributed by atoms with Gasteiger partial charge in [0, 0.05) is 13.1 Å². The van der Waals surface area contributed by atoms with Crippen LogP contribution in [0.15, 0.2) is 30.9 Å². The Balaban J connectivity index is 2.03. The fourth-order valence-corrected chi connectivity index (χ4v) is 2.24. The van der Waals surface area contributed by atoms with Gasteiger partial charge in [-0.25, -0.2) is 4.79 Å². The minimum atomic E-state index is -0.791. The highest BCUT2D eigenvalue weighted by Gasteiger charge is 2.35. The van der Waals surface area contributed by atoms with Crippen LogP contribution in [0.4, 0.5) is 0 Å². The second-order valence-electron chi connectivity index (χ2n) is 5.10. The lowest BCUT2D eigenvalue weighted by atomic mass is 10.1. The van der Waals surface area contributed by atoms with E-state index in [1.165, 1.54) is 24.3 Å². The molecule has 8 heteroatoms. The highest BCUT2D eigenvalue weighted by atomic mass is 16.5. The van der Waals surface area contributed by atoms with Crippen molar-refractivity contribution >= 4 is 23.7 Å². The number of imide groups is 1. The molecule has 0 fully saturated rings. The van der Waals surface area contributed by atoms with Crippen LogP contribution in [-0.2, 0) is 9.53 Å². The van der Waals surface area contributed by atoms with Gasteiger partial charge in [0.2, 0.25) is 0 Å². The number of nitrogens with one attached hydrogen (secondary N) is 1. The van der Waals surface area contributed by atoms with Crippen LogP contribution in [-0.4, -0.2) is 48.3 Å². The number of carbonyl (C=O) groups excluding carboxylic acids is 4. The molecule has 0 radical (unpaired) electrons. The molecule has 8 nitrogen and oxygen atoms in total. The summed E-state index contributed by atoms with van der Waals surface area (Å²) in [5, 5.41) is 10.8. The molecule has 1 aromatic carbocycles. The molecule has 0 saturated carbocycles. The number of rotatable bonds is 7. The molecule has 0 aliphatic carbocycles. The van der Waals surface area contributed by atoms with E-state index < -0.39 is 30.3 Å². The number of hydrogen-bond donors (Lipinski definition) is 1. The van der Waals surface area contributed by atoms with E-state index in [2.05, 4.69) is 11.9 Å². The van der Waals surface area contributed by atoms with Gasteiger partial charge in [-0.2, -0.15) is 5.26 Å². The van der Waals surface area contributed by atoms with Crippen LogP contribution in [0.2, 0.25) is 0 Å². The molecule has 0 aromatic heterocycles. The van der Waals surface area contributed by atoms with Gasteiger partial charge in [-0.1, -0.05) is 6.08 Å². The third-order valence-electron chi connectivity index (χ3n) is 3.41. The van der Waals surface area contributed by atoms with E-state index in [0.29, 0.717) is 0 Å². The van der Waals surface area contributed by atoms with Crippen molar-refractivity contribution in [2.75, 3.05) is 19.7 Å². The van der Waals surface area contributed by atoms with Crippen molar-refractivity contribution in [1.29, 1.82) is 5.26 Å². The van der Waals surface area contributed by atoms with Gasteiger partial charge in [-0.05, 0) is 18.2 Å². The minimum absolute atomic E-state index is 0.0603. The van der Waals surface area contributed by atoms with Gasteiger partial charge in [0.1, 0.15) is 0 Å². The topological polar surface area (TPSA) is 117 Å². The van der Waals surface area contributed by atoms with E-state index in [1.807, 2.05) is 6.07 Å². The lowest BCUT2D eigenvalue weighted by molar-refractivity contribution is -0.124. The molecule has 1 N–H and O–H groups in total. The molecule has 0 atom stereocenters. The number of ether oxygens (including phenoxy) is 1. The zero-order valence-corrected chi connectivity index (χ0v) is 13.3. The summed E-state index contributed by atoms with van der Waals surface area (Å²) in [6, 6.07) is 5.87. The first-order chi connectivity index (χ1) is 12.0. The Hall–Kier alpha value is -3.47. The summed E-state index contributed by atoms with van der Waals surface area (Å²) in [7, 11) is 0. The molecule has 1 aliphatic rings. The Morgan fingerprint density at radius 3 is 2.68 bits per heavy atom. The quantitative estimate of drug-likeness (QED) is 0.337. The summed E-state index contributed by atoms with van der Waals surface area (Å²) < 4.78 is 4.86. The first-order valence-corrected chi connectivity index (χ1v) is 7.41. The lowest BCUT2D eigenvalue weighted by Gasteiger charge is -2.09. The maximum absolute atomic E-state index is 12.2. The van der Waals surface area contributed by atoms with Crippen LogP contribution in [0, 0.1) is 11.3 Å². The number of esters is 1. The van der Waals surface area contributed by atoms with Crippen LogP contribution in [0.1, 0.15) is 37.5 Å². The van der Waals surface area contributed by atoms with Crippen molar-refractivity contribution in [1.82, 2.24) is 10.2 Å². The van der Waals surface area contributed by atoms with E-state index in [0.717, 1.165) is 4.90 Å². The van der Waals surface area contributed by atoms with Crippen molar-refractivity contribution < 1.29 is 23.9 Å². The Morgan fingerprint density at radius 1 is 1.28 bits per heavy atom. The Morgan fingerprint density at radius 2 is 2.00 bits per heavy atom. The molecule has 128 valence electrons. The number of fused-ring (bicyclic) bond motifs is 1. The highest BCUT2D eigenvalue weighted by Crippen LogP contribution is 2.24. The summed E-state index contributed by atoms with van der Waals surface area (Å²) in [6.45, 7) is 3.24. The molecule has 0 spiro atoms. The maximum atomic E-state index is 12.2. The molecule has 1 heterocycles. The first-order valence-electron chi connectivity index (χ1n) is 7.41. The predicted molar refractivity (Wildman–Crippen MR) is 85.5 cm³/mol. The Kier molecular flexibility index (Phi) is 5.63. The third kappa shape index (κ3) is 3.90. The number of carbonyl (C=O) groups is 4. The normalized spacial score (nSPS) is 12.4. The van der Waals surface area contributed by atoms with Gasteiger partial charge in [-0.3, -0.25) is 19.3 Å². The summed E-state index contributed by atoms with van der Waals surface area (Å²) >= 11 is 0. The molecule has 25 heavy (non-hydrogen) atoms. The number of nitrogens with zero attached hydrogens (tertiary/aromatic N) is 2. The van der Waals surface area contributed by atoms with E-state index in [4.69, 9.17) is 10.00 Å². The van der Waals surface area contributed by atoms with Gasteiger partial charge >= 0.3 is 5.97 Å². The van der Waals surface area contributed by atoms with Crippen molar-refractivity contribution in [2.45, 2.75) is 6.42 Å². The fraction of sp³-hybridized carbons (Fsp3) is 0.235. The maximum Gasteiger partial charge on any atom is 0.338 e. The smallest absolute Gasteiger partial charge is 0.338 e. The molecule has 0 bridgehead atoms. The van der Waals surface area contributed by atoms with E-state index in [1.54, 1.807) is 0 Å². The first kappa shape index (κ1) is 17.9. The van der Waals surface area contributed by atoms with E-state index >= 15 is 0 Å². The van der Waals surface area contributed by atoms with E-state index in [-0.39, 0.29) is 36.2 Å². The van der Waals surface area contributed by atoms with Gasteiger partial charge in [-0.15, -0.1) is 6.58 Å². The van der Waals surface area contributed by atoms with Crippen molar-refractivity contribution in [3.05, 3.63) is 47.5 Å². The monoisotopic (exact) mass is 341 g/mol. The molecule has 0 unspecified atom stereocenters. The number of amides is 3. The number of benzene rings is 1. The highest BCUT2D eigenvalue weighted by molar-refractivity contribution is 6.22. The summed E-state index contributed by atoms with van der Waals surface area (Å²) in [6.07, 6.45) is 1.59. The number of hydrogen-bond acceptors (Lipinski definition) is 6. The summed E-state index contributed by atoms with van der Waals surface area (Å²) in [5.74, 6) is -2.28. The zero-order valence-electron chi connectivity index (χ0n) is 13.3. The second kappa shape index (κ2) is 7.88. The fourth-order valence-electron chi connectivity index (χ4n) is 2.24. The molecule has 0 saturated heterocycles.